The van der Waals surface area contributed by atoms with Crippen LogP contribution in [0.1, 0.15) is 19.4 Å². The highest BCUT2D eigenvalue weighted by molar-refractivity contribution is 5.91. The first kappa shape index (κ1) is 16.4. The van der Waals surface area contributed by atoms with Crippen molar-refractivity contribution >= 4 is 17.7 Å². The second kappa shape index (κ2) is 7.24. The fraction of sp³-hybridized carbons (Fsp3) is 0.357. The molecule has 0 bridgehead atoms. The number of rotatable bonds is 5. The predicted octanol–water partition coefficient (Wildman–Crippen LogP) is 2.27. The summed E-state index contributed by atoms with van der Waals surface area (Å²) in [6, 6.07) is 5.02. The van der Waals surface area contributed by atoms with Crippen molar-refractivity contribution in [2.75, 3.05) is 18.4 Å². The first-order valence-corrected chi connectivity index (χ1v) is 6.38. The van der Waals surface area contributed by atoms with Crippen LogP contribution in [0.15, 0.2) is 18.2 Å². The summed E-state index contributed by atoms with van der Waals surface area (Å²) in [5.74, 6) is -2.46. The number of carboxylic acid groups (broad SMARTS) is 1. The monoisotopic (exact) mass is 293 g/mol. The van der Waals surface area contributed by atoms with Gasteiger partial charge in [0.1, 0.15) is 17.4 Å². The zero-order valence-corrected chi connectivity index (χ0v) is 11.8. The minimum Gasteiger partial charge on any atom is -0.481 e. The number of nitrogens with zero attached hydrogens (tertiary/aromatic N) is 2. The molecule has 2 N–H and O–H groups in total. The Morgan fingerprint density at radius 3 is 2.71 bits per heavy atom. The molecule has 1 rings (SSSR count). The lowest BCUT2D eigenvalue weighted by atomic mass is 10.1. The van der Waals surface area contributed by atoms with Crippen LogP contribution in [-0.2, 0) is 4.79 Å². The smallest absolute Gasteiger partial charge is 0.321 e. The fourth-order valence-electron chi connectivity index (χ4n) is 1.70. The Bertz CT molecular complexity index is 583. The Morgan fingerprint density at radius 1 is 1.52 bits per heavy atom. The van der Waals surface area contributed by atoms with Gasteiger partial charge in [0.05, 0.1) is 11.6 Å². The highest BCUT2D eigenvalue weighted by atomic mass is 19.1. The molecule has 112 valence electrons. The quantitative estimate of drug-likeness (QED) is 0.870. The van der Waals surface area contributed by atoms with Crippen molar-refractivity contribution in [2.24, 2.45) is 5.92 Å². The molecule has 7 heteroatoms. The molecule has 0 spiro atoms. The van der Waals surface area contributed by atoms with E-state index in [2.05, 4.69) is 5.32 Å². The van der Waals surface area contributed by atoms with Crippen LogP contribution in [0.3, 0.4) is 0 Å². The molecule has 1 aromatic rings. The fourth-order valence-corrected chi connectivity index (χ4v) is 1.70. The van der Waals surface area contributed by atoms with Crippen molar-refractivity contribution < 1.29 is 19.1 Å². The Labute approximate surface area is 121 Å². The highest BCUT2D eigenvalue weighted by Crippen LogP contribution is 2.18. The zero-order valence-electron chi connectivity index (χ0n) is 11.8. The summed E-state index contributed by atoms with van der Waals surface area (Å²) < 4.78 is 13.4. The van der Waals surface area contributed by atoms with E-state index in [9.17, 15) is 14.0 Å². The number of carbonyl (C=O) groups excluding carboxylic acids is 1. The van der Waals surface area contributed by atoms with Crippen LogP contribution >= 0.6 is 0 Å². The molecule has 0 fully saturated rings. The molecule has 0 aromatic heterocycles. The molecule has 0 saturated heterocycles. The summed E-state index contributed by atoms with van der Waals surface area (Å²) in [6.45, 7) is 3.50. The number of hydrogen-bond acceptors (Lipinski definition) is 3. The minimum atomic E-state index is -1.01. The van der Waals surface area contributed by atoms with Crippen molar-refractivity contribution in [2.45, 2.75) is 13.8 Å². The zero-order chi connectivity index (χ0) is 16.0. The van der Waals surface area contributed by atoms with Gasteiger partial charge in [-0.2, -0.15) is 5.26 Å². The molecule has 0 saturated carbocycles. The molecule has 0 aliphatic heterocycles. The standard InChI is InChI=1S/C14H16FN3O3/c1-3-18(8-9(2)13(19)20)14(21)17-12-6-4-5-11(15)10(12)7-16/h4-6,9H,3,8H2,1-2H3,(H,17,21)(H,19,20). The van der Waals surface area contributed by atoms with Crippen LogP contribution in [-0.4, -0.2) is 35.1 Å². The maximum Gasteiger partial charge on any atom is 0.321 e. The second-order valence-corrected chi connectivity index (χ2v) is 4.48. The number of nitrogens with one attached hydrogen (secondary N) is 1. The van der Waals surface area contributed by atoms with Gasteiger partial charge in [-0.1, -0.05) is 13.0 Å². The number of carboxylic acids is 1. The SMILES string of the molecule is CCN(CC(C)C(=O)O)C(=O)Nc1cccc(F)c1C#N. The van der Waals surface area contributed by atoms with E-state index in [-0.39, 0.29) is 17.8 Å². The molecule has 1 unspecified atom stereocenters. The van der Waals surface area contributed by atoms with Crippen molar-refractivity contribution in [1.29, 1.82) is 5.26 Å². The van der Waals surface area contributed by atoms with Gasteiger partial charge >= 0.3 is 12.0 Å². The van der Waals surface area contributed by atoms with E-state index in [1.54, 1.807) is 13.0 Å². The lowest BCUT2D eigenvalue weighted by Crippen LogP contribution is -2.39. The molecular formula is C14H16FN3O3. The maximum absolute atomic E-state index is 13.4. The molecule has 1 aromatic carbocycles. The Balaban J connectivity index is 2.87. The number of anilines is 1. The lowest BCUT2D eigenvalue weighted by Gasteiger charge is -2.23. The number of amides is 2. The van der Waals surface area contributed by atoms with Crippen LogP contribution in [0.2, 0.25) is 0 Å². The molecule has 0 aliphatic carbocycles. The molecular weight excluding hydrogens is 277 g/mol. The Hall–Kier alpha value is -2.62. The van der Waals surface area contributed by atoms with E-state index in [0.717, 1.165) is 6.07 Å². The molecule has 0 aliphatic rings. The number of nitriles is 1. The summed E-state index contributed by atoms with van der Waals surface area (Å²) in [5.41, 5.74) is -0.197. The minimum absolute atomic E-state index is 0.0227. The number of halogens is 1. The highest BCUT2D eigenvalue weighted by Gasteiger charge is 2.20. The summed E-state index contributed by atoms with van der Waals surface area (Å²) >= 11 is 0. The third-order valence-electron chi connectivity index (χ3n) is 2.95. The lowest BCUT2D eigenvalue weighted by molar-refractivity contribution is -0.141. The van der Waals surface area contributed by atoms with Crippen LogP contribution < -0.4 is 5.32 Å². The van der Waals surface area contributed by atoms with Gasteiger partial charge in [-0.15, -0.1) is 0 Å². The first-order valence-electron chi connectivity index (χ1n) is 6.38. The summed E-state index contributed by atoms with van der Waals surface area (Å²) in [6.07, 6.45) is 0. The summed E-state index contributed by atoms with van der Waals surface area (Å²) in [7, 11) is 0. The van der Waals surface area contributed by atoms with Gasteiger partial charge in [0.15, 0.2) is 0 Å². The van der Waals surface area contributed by atoms with E-state index in [0.29, 0.717) is 6.54 Å². The molecule has 0 heterocycles. The van der Waals surface area contributed by atoms with Gasteiger partial charge in [-0.3, -0.25) is 4.79 Å². The van der Waals surface area contributed by atoms with E-state index in [1.807, 2.05) is 0 Å². The van der Waals surface area contributed by atoms with E-state index < -0.39 is 23.7 Å². The maximum atomic E-state index is 13.4. The van der Waals surface area contributed by atoms with E-state index >= 15 is 0 Å². The van der Waals surface area contributed by atoms with E-state index in [4.69, 9.17) is 10.4 Å². The molecule has 6 nitrogen and oxygen atoms in total. The average molecular weight is 293 g/mol. The van der Waals surface area contributed by atoms with Crippen LogP contribution in [0.25, 0.3) is 0 Å². The van der Waals surface area contributed by atoms with Crippen molar-refractivity contribution in [1.82, 2.24) is 4.90 Å². The third kappa shape index (κ3) is 4.18. The van der Waals surface area contributed by atoms with Crippen molar-refractivity contribution in [3.8, 4) is 6.07 Å². The van der Waals surface area contributed by atoms with Crippen molar-refractivity contribution in [3.63, 3.8) is 0 Å². The van der Waals surface area contributed by atoms with Gasteiger partial charge < -0.3 is 15.3 Å². The first-order chi connectivity index (χ1) is 9.90. The number of hydrogen-bond donors (Lipinski definition) is 2. The van der Waals surface area contributed by atoms with Gasteiger partial charge in [0, 0.05) is 13.1 Å². The molecule has 21 heavy (non-hydrogen) atoms. The number of urea groups is 1. The van der Waals surface area contributed by atoms with Crippen LogP contribution in [0, 0.1) is 23.1 Å². The molecule has 2 amide bonds. The average Bonchev–Trinajstić information content (AvgIpc) is 2.44. The van der Waals surface area contributed by atoms with Gasteiger partial charge in [0.25, 0.3) is 0 Å². The molecule has 0 radical (unpaired) electrons. The van der Waals surface area contributed by atoms with E-state index in [1.165, 1.54) is 24.0 Å². The van der Waals surface area contributed by atoms with Gasteiger partial charge in [-0.25, -0.2) is 9.18 Å². The number of carbonyl (C=O) groups is 2. The van der Waals surface area contributed by atoms with Crippen LogP contribution in [0.5, 0.6) is 0 Å². The van der Waals surface area contributed by atoms with Crippen LogP contribution in [0.4, 0.5) is 14.9 Å². The van der Waals surface area contributed by atoms with Gasteiger partial charge in [0.2, 0.25) is 0 Å². The largest absolute Gasteiger partial charge is 0.481 e. The summed E-state index contributed by atoms with van der Waals surface area (Å²) in [5, 5.41) is 20.2. The Morgan fingerprint density at radius 2 is 2.19 bits per heavy atom. The molecule has 1 atom stereocenters. The topological polar surface area (TPSA) is 93.4 Å². The number of benzene rings is 1. The predicted molar refractivity (Wildman–Crippen MR) is 74.2 cm³/mol. The third-order valence-corrected chi connectivity index (χ3v) is 2.95. The summed E-state index contributed by atoms with van der Waals surface area (Å²) in [4.78, 5) is 24.2. The normalized spacial score (nSPS) is 11.3. The number of aliphatic carboxylic acids is 1. The van der Waals surface area contributed by atoms with Crippen molar-refractivity contribution in [3.05, 3.63) is 29.6 Å². The van der Waals surface area contributed by atoms with Gasteiger partial charge in [-0.05, 0) is 19.1 Å². The Kier molecular flexibility index (Phi) is 5.67. The second-order valence-electron chi connectivity index (χ2n) is 4.48.